The van der Waals surface area contributed by atoms with Crippen LogP contribution in [0.5, 0.6) is 0 Å². The molecule has 2 heterocycles. The van der Waals surface area contributed by atoms with Crippen LogP contribution in [0.15, 0.2) is 15.9 Å². The van der Waals surface area contributed by atoms with Crippen molar-refractivity contribution in [1.29, 1.82) is 0 Å². The van der Waals surface area contributed by atoms with Gasteiger partial charge in [-0.2, -0.15) is 0 Å². The maximum absolute atomic E-state index is 5.52. The Labute approximate surface area is 116 Å². The third-order valence-electron chi connectivity index (χ3n) is 3.53. The van der Waals surface area contributed by atoms with E-state index in [2.05, 4.69) is 39.6 Å². The Balaban J connectivity index is 2.07. The maximum atomic E-state index is 5.52. The van der Waals surface area contributed by atoms with Gasteiger partial charge in [-0.1, -0.05) is 6.92 Å². The highest BCUT2D eigenvalue weighted by Crippen LogP contribution is 2.37. The summed E-state index contributed by atoms with van der Waals surface area (Å²) in [5.41, 5.74) is 0.391. The van der Waals surface area contributed by atoms with E-state index in [0.29, 0.717) is 5.41 Å². The molecule has 1 aromatic rings. The van der Waals surface area contributed by atoms with Gasteiger partial charge >= 0.3 is 0 Å². The van der Waals surface area contributed by atoms with Crippen LogP contribution in [0.25, 0.3) is 0 Å². The van der Waals surface area contributed by atoms with E-state index in [1.165, 1.54) is 28.6 Å². The molecule has 0 spiro atoms. The van der Waals surface area contributed by atoms with Crippen LogP contribution in [0.1, 0.15) is 24.6 Å². The summed E-state index contributed by atoms with van der Waals surface area (Å²) >= 11 is 5.50. The lowest BCUT2D eigenvalue weighted by molar-refractivity contribution is 0.0155. The first kappa shape index (κ1) is 13.5. The minimum Gasteiger partial charge on any atom is -0.381 e. The summed E-state index contributed by atoms with van der Waals surface area (Å²) < 4.78 is 6.79. The largest absolute Gasteiger partial charge is 0.381 e. The van der Waals surface area contributed by atoms with E-state index in [4.69, 9.17) is 4.74 Å². The summed E-state index contributed by atoms with van der Waals surface area (Å²) in [5, 5.41) is 5.69. The van der Waals surface area contributed by atoms with Gasteiger partial charge in [0.2, 0.25) is 0 Å². The molecule has 1 aromatic heterocycles. The SMILES string of the molecule is CCNCC1(Cc2sccc2Br)CCOCC1. The molecule has 2 nitrogen and oxygen atoms in total. The lowest BCUT2D eigenvalue weighted by atomic mass is 9.77. The Kier molecular flexibility index (Phi) is 5.03. The van der Waals surface area contributed by atoms with Crippen LogP contribution in [0.4, 0.5) is 0 Å². The van der Waals surface area contributed by atoms with Crippen LogP contribution >= 0.6 is 27.3 Å². The molecule has 0 saturated carbocycles. The molecular weight excluding hydrogens is 298 g/mol. The fourth-order valence-electron chi connectivity index (χ4n) is 2.40. The molecule has 0 aliphatic carbocycles. The molecule has 0 unspecified atom stereocenters. The predicted molar refractivity (Wildman–Crippen MR) is 76.8 cm³/mol. The average molecular weight is 318 g/mol. The summed E-state index contributed by atoms with van der Waals surface area (Å²) in [7, 11) is 0. The number of hydrogen-bond acceptors (Lipinski definition) is 3. The van der Waals surface area contributed by atoms with E-state index in [9.17, 15) is 0 Å². The molecule has 0 bridgehead atoms. The van der Waals surface area contributed by atoms with Crippen LogP contribution in [0, 0.1) is 5.41 Å². The molecule has 96 valence electrons. The molecule has 0 radical (unpaired) electrons. The van der Waals surface area contributed by atoms with Gasteiger partial charge in [0.15, 0.2) is 0 Å². The third-order valence-corrected chi connectivity index (χ3v) is 5.46. The fraction of sp³-hybridized carbons (Fsp3) is 0.692. The van der Waals surface area contributed by atoms with Crippen molar-refractivity contribution in [3.8, 4) is 0 Å². The van der Waals surface area contributed by atoms with Gasteiger partial charge in [0.1, 0.15) is 0 Å². The highest BCUT2D eigenvalue weighted by atomic mass is 79.9. The Morgan fingerprint density at radius 1 is 1.47 bits per heavy atom. The minimum absolute atomic E-state index is 0.391. The first-order valence-corrected chi connectivity index (χ1v) is 7.93. The quantitative estimate of drug-likeness (QED) is 0.898. The number of thiophene rings is 1. The van der Waals surface area contributed by atoms with Crippen molar-refractivity contribution >= 4 is 27.3 Å². The smallest absolute Gasteiger partial charge is 0.0471 e. The summed E-state index contributed by atoms with van der Waals surface area (Å²) in [6, 6.07) is 2.15. The second-order valence-corrected chi connectivity index (χ2v) is 6.62. The predicted octanol–water partition coefficient (Wildman–Crippen LogP) is 3.46. The highest BCUT2D eigenvalue weighted by molar-refractivity contribution is 9.10. The number of nitrogens with one attached hydrogen (secondary N) is 1. The van der Waals surface area contributed by atoms with E-state index in [1.807, 2.05) is 11.3 Å². The molecule has 1 aliphatic heterocycles. The van der Waals surface area contributed by atoms with Crippen molar-refractivity contribution in [3.63, 3.8) is 0 Å². The molecule has 1 N–H and O–H groups in total. The van der Waals surface area contributed by atoms with Gasteiger partial charge in [0, 0.05) is 29.1 Å². The Bertz CT molecular complexity index is 347. The molecule has 0 amide bonds. The molecule has 4 heteroatoms. The van der Waals surface area contributed by atoms with Gasteiger partial charge in [-0.15, -0.1) is 11.3 Å². The molecule has 0 atom stereocenters. The molecule has 17 heavy (non-hydrogen) atoms. The van der Waals surface area contributed by atoms with Gasteiger partial charge in [0.05, 0.1) is 0 Å². The van der Waals surface area contributed by atoms with Crippen molar-refractivity contribution in [3.05, 3.63) is 20.8 Å². The second kappa shape index (κ2) is 6.32. The van der Waals surface area contributed by atoms with Crippen LogP contribution in [-0.4, -0.2) is 26.3 Å². The van der Waals surface area contributed by atoms with E-state index in [1.54, 1.807) is 0 Å². The molecule has 0 aromatic carbocycles. The van der Waals surface area contributed by atoms with Crippen LogP contribution < -0.4 is 5.32 Å². The zero-order valence-electron chi connectivity index (χ0n) is 10.3. The molecule has 1 fully saturated rings. The molecule has 1 aliphatic rings. The first-order chi connectivity index (χ1) is 8.26. The fourth-order valence-corrected chi connectivity index (χ4v) is 4.07. The summed E-state index contributed by atoms with van der Waals surface area (Å²) in [6.07, 6.45) is 3.51. The van der Waals surface area contributed by atoms with Crippen molar-refractivity contribution in [1.82, 2.24) is 5.32 Å². The minimum atomic E-state index is 0.391. The van der Waals surface area contributed by atoms with E-state index in [0.717, 1.165) is 26.3 Å². The average Bonchev–Trinajstić information content (AvgIpc) is 2.74. The highest BCUT2D eigenvalue weighted by Gasteiger charge is 2.33. The van der Waals surface area contributed by atoms with Crippen molar-refractivity contribution in [2.24, 2.45) is 5.41 Å². The zero-order chi connectivity index (χ0) is 12.1. The van der Waals surface area contributed by atoms with Gasteiger partial charge in [-0.25, -0.2) is 0 Å². The maximum Gasteiger partial charge on any atom is 0.0471 e. The zero-order valence-corrected chi connectivity index (χ0v) is 12.7. The van der Waals surface area contributed by atoms with Crippen molar-refractivity contribution in [2.75, 3.05) is 26.3 Å². The van der Waals surface area contributed by atoms with E-state index in [-0.39, 0.29) is 0 Å². The monoisotopic (exact) mass is 317 g/mol. The number of hydrogen-bond donors (Lipinski definition) is 1. The Morgan fingerprint density at radius 3 is 2.82 bits per heavy atom. The van der Waals surface area contributed by atoms with Crippen LogP contribution in [0.2, 0.25) is 0 Å². The number of rotatable bonds is 5. The topological polar surface area (TPSA) is 21.3 Å². The van der Waals surface area contributed by atoms with Crippen molar-refractivity contribution < 1.29 is 4.74 Å². The molecular formula is C13H20BrNOS. The van der Waals surface area contributed by atoms with E-state index < -0.39 is 0 Å². The van der Waals surface area contributed by atoms with E-state index >= 15 is 0 Å². The summed E-state index contributed by atoms with van der Waals surface area (Å²) in [5.74, 6) is 0. The van der Waals surface area contributed by atoms with Crippen LogP contribution in [0.3, 0.4) is 0 Å². The second-order valence-electron chi connectivity index (χ2n) is 4.76. The normalized spacial score (nSPS) is 19.4. The lowest BCUT2D eigenvalue weighted by Crippen LogP contribution is -2.40. The van der Waals surface area contributed by atoms with Gasteiger partial charge < -0.3 is 10.1 Å². The number of ether oxygens (including phenoxy) is 1. The van der Waals surface area contributed by atoms with Crippen molar-refractivity contribution in [2.45, 2.75) is 26.2 Å². The summed E-state index contributed by atoms with van der Waals surface area (Å²) in [4.78, 5) is 1.48. The van der Waals surface area contributed by atoms with Gasteiger partial charge in [-0.3, -0.25) is 0 Å². The third kappa shape index (κ3) is 3.53. The Hall–Kier alpha value is 0.1000. The lowest BCUT2D eigenvalue weighted by Gasteiger charge is -2.37. The van der Waals surface area contributed by atoms with Crippen LogP contribution in [-0.2, 0) is 11.2 Å². The van der Waals surface area contributed by atoms with Gasteiger partial charge in [0.25, 0.3) is 0 Å². The number of halogens is 1. The Morgan fingerprint density at radius 2 is 2.24 bits per heavy atom. The molecule has 2 rings (SSSR count). The van der Waals surface area contributed by atoms with Gasteiger partial charge in [-0.05, 0) is 58.6 Å². The standard InChI is InChI=1S/C13H20BrNOS/c1-2-15-10-13(4-6-16-7-5-13)9-12-11(14)3-8-17-12/h3,8,15H,2,4-7,9-10H2,1H3. The molecule has 1 saturated heterocycles. The first-order valence-electron chi connectivity index (χ1n) is 6.26. The summed E-state index contributed by atoms with van der Waals surface area (Å²) in [6.45, 7) is 6.16.